The summed E-state index contributed by atoms with van der Waals surface area (Å²) in [5.74, 6) is 0.106. The van der Waals surface area contributed by atoms with Crippen LogP contribution in [-0.2, 0) is 20.9 Å². The van der Waals surface area contributed by atoms with E-state index in [9.17, 15) is 9.59 Å². The molecule has 1 saturated heterocycles. The number of methoxy groups -OCH3 is 1. The van der Waals surface area contributed by atoms with Crippen molar-refractivity contribution in [3.05, 3.63) is 22.4 Å². The van der Waals surface area contributed by atoms with Gasteiger partial charge in [0, 0.05) is 31.5 Å². The van der Waals surface area contributed by atoms with Crippen molar-refractivity contribution in [3.8, 4) is 0 Å². The van der Waals surface area contributed by atoms with E-state index in [1.807, 2.05) is 17.5 Å². The highest BCUT2D eigenvalue weighted by molar-refractivity contribution is 7.09. The molecule has 22 heavy (non-hydrogen) atoms. The number of rotatable bonds is 7. The van der Waals surface area contributed by atoms with Crippen LogP contribution in [0, 0.1) is 0 Å². The van der Waals surface area contributed by atoms with Gasteiger partial charge in [-0.25, -0.2) is 0 Å². The number of amides is 2. The van der Waals surface area contributed by atoms with Gasteiger partial charge in [-0.05, 0) is 24.3 Å². The van der Waals surface area contributed by atoms with Crippen molar-refractivity contribution in [1.29, 1.82) is 0 Å². The van der Waals surface area contributed by atoms with Gasteiger partial charge in [0.25, 0.3) is 0 Å². The van der Waals surface area contributed by atoms with Crippen molar-refractivity contribution in [2.75, 3.05) is 33.4 Å². The number of thiophene rings is 1. The number of ether oxygens (including phenoxy) is 1. The van der Waals surface area contributed by atoms with Crippen LogP contribution >= 0.6 is 11.3 Å². The van der Waals surface area contributed by atoms with E-state index in [4.69, 9.17) is 4.74 Å². The first-order chi connectivity index (χ1) is 10.7. The lowest BCUT2D eigenvalue weighted by molar-refractivity contribution is -0.140. The van der Waals surface area contributed by atoms with Crippen LogP contribution in [0.15, 0.2) is 17.5 Å². The van der Waals surface area contributed by atoms with E-state index in [1.165, 1.54) is 0 Å². The molecule has 1 aromatic rings. The molecular weight excluding hydrogens is 300 g/mol. The second-order valence-electron chi connectivity index (χ2n) is 5.51. The lowest BCUT2D eigenvalue weighted by atomic mass is 10.2. The number of carbonyl (C=O) groups excluding carboxylic acids is 2. The molecule has 1 aromatic heterocycles. The van der Waals surface area contributed by atoms with Crippen molar-refractivity contribution >= 4 is 23.2 Å². The minimum absolute atomic E-state index is 0.000648. The number of carbonyl (C=O) groups is 2. The largest absolute Gasteiger partial charge is 0.383 e. The Morgan fingerprint density at radius 1 is 1.41 bits per heavy atom. The molecular formula is C16H24N2O3S. The van der Waals surface area contributed by atoms with Crippen LogP contribution in [-0.4, -0.2) is 55.0 Å². The van der Waals surface area contributed by atoms with E-state index in [-0.39, 0.29) is 18.4 Å². The number of nitrogens with zero attached hydrogens (tertiary/aromatic N) is 2. The zero-order chi connectivity index (χ0) is 15.8. The van der Waals surface area contributed by atoms with Crippen molar-refractivity contribution < 1.29 is 14.3 Å². The van der Waals surface area contributed by atoms with Gasteiger partial charge in [0.2, 0.25) is 11.8 Å². The molecule has 0 N–H and O–H groups in total. The SMILES string of the molecule is COCCN(Cc1cccs1)C(=O)CN1CCCCCC1=O. The van der Waals surface area contributed by atoms with Gasteiger partial charge in [0.15, 0.2) is 0 Å². The van der Waals surface area contributed by atoms with E-state index in [0.717, 1.165) is 24.1 Å². The van der Waals surface area contributed by atoms with E-state index < -0.39 is 0 Å². The van der Waals surface area contributed by atoms with Crippen LogP contribution in [0.4, 0.5) is 0 Å². The number of hydrogen-bond donors (Lipinski definition) is 0. The van der Waals surface area contributed by atoms with Crippen molar-refractivity contribution in [3.63, 3.8) is 0 Å². The Kier molecular flexibility index (Phi) is 6.86. The van der Waals surface area contributed by atoms with Crippen LogP contribution < -0.4 is 0 Å². The highest BCUT2D eigenvalue weighted by atomic mass is 32.1. The third kappa shape index (κ3) is 5.10. The maximum absolute atomic E-state index is 12.6. The molecule has 2 rings (SSSR count). The first-order valence-corrected chi connectivity index (χ1v) is 8.65. The highest BCUT2D eigenvalue weighted by Crippen LogP contribution is 2.14. The Balaban J connectivity index is 1.96. The van der Waals surface area contributed by atoms with Gasteiger partial charge < -0.3 is 14.5 Å². The van der Waals surface area contributed by atoms with E-state index in [0.29, 0.717) is 32.7 Å². The van der Waals surface area contributed by atoms with Crippen molar-refractivity contribution in [1.82, 2.24) is 9.80 Å². The number of likely N-dealkylation sites (tertiary alicyclic amines) is 1. The normalized spacial score (nSPS) is 15.7. The third-order valence-corrected chi connectivity index (χ3v) is 4.70. The lowest BCUT2D eigenvalue weighted by Gasteiger charge is -2.26. The molecule has 0 aromatic carbocycles. The van der Waals surface area contributed by atoms with Crippen LogP contribution in [0.1, 0.15) is 30.6 Å². The zero-order valence-electron chi connectivity index (χ0n) is 13.1. The summed E-state index contributed by atoms with van der Waals surface area (Å²) in [6, 6.07) is 4.01. The molecule has 1 aliphatic rings. The average molecular weight is 324 g/mol. The topological polar surface area (TPSA) is 49.9 Å². The summed E-state index contributed by atoms with van der Waals surface area (Å²) in [5.41, 5.74) is 0. The van der Waals surface area contributed by atoms with Gasteiger partial charge in [-0.2, -0.15) is 0 Å². The monoisotopic (exact) mass is 324 g/mol. The molecule has 0 atom stereocenters. The standard InChI is InChI=1S/C16H24N2O3S/c1-21-10-9-18(12-14-6-5-11-22-14)16(20)13-17-8-4-2-3-7-15(17)19/h5-6,11H,2-4,7-10,12-13H2,1H3. The first-order valence-electron chi connectivity index (χ1n) is 7.77. The second kappa shape index (κ2) is 8.90. The molecule has 5 nitrogen and oxygen atoms in total. The summed E-state index contributed by atoms with van der Waals surface area (Å²) >= 11 is 1.64. The summed E-state index contributed by atoms with van der Waals surface area (Å²) in [6.45, 7) is 2.53. The fraction of sp³-hybridized carbons (Fsp3) is 0.625. The van der Waals surface area contributed by atoms with Gasteiger partial charge in [-0.1, -0.05) is 12.5 Å². The van der Waals surface area contributed by atoms with Gasteiger partial charge in [0.05, 0.1) is 19.7 Å². The summed E-state index contributed by atoms with van der Waals surface area (Å²) in [5, 5.41) is 2.01. The smallest absolute Gasteiger partial charge is 0.242 e. The molecule has 2 amide bonds. The third-order valence-electron chi connectivity index (χ3n) is 3.84. The molecule has 0 radical (unpaired) electrons. The van der Waals surface area contributed by atoms with Crippen LogP contribution in [0.5, 0.6) is 0 Å². The molecule has 0 unspecified atom stereocenters. The summed E-state index contributed by atoms with van der Waals surface area (Å²) < 4.78 is 5.10. The van der Waals surface area contributed by atoms with E-state index in [1.54, 1.807) is 28.2 Å². The van der Waals surface area contributed by atoms with Gasteiger partial charge in [-0.15, -0.1) is 11.3 Å². The average Bonchev–Trinajstić information content (AvgIpc) is 2.94. The molecule has 0 aliphatic carbocycles. The molecule has 0 spiro atoms. The zero-order valence-corrected chi connectivity index (χ0v) is 13.9. The Bertz CT molecular complexity index is 476. The maximum atomic E-state index is 12.6. The predicted octanol–water partition coefficient (Wildman–Crippen LogP) is 2.13. The van der Waals surface area contributed by atoms with E-state index in [2.05, 4.69) is 0 Å². The Morgan fingerprint density at radius 3 is 3.00 bits per heavy atom. The Labute approximate surface area is 135 Å². The summed E-state index contributed by atoms with van der Waals surface area (Å²) in [4.78, 5) is 29.3. The maximum Gasteiger partial charge on any atom is 0.242 e. The van der Waals surface area contributed by atoms with E-state index >= 15 is 0 Å². The van der Waals surface area contributed by atoms with Gasteiger partial charge in [0.1, 0.15) is 0 Å². The molecule has 0 bridgehead atoms. The first kappa shape index (κ1) is 17.0. The van der Waals surface area contributed by atoms with Crippen molar-refractivity contribution in [2.24, 2.45) is 0 Å². The molecule has 1 fully saturated rings. The summed E-state index contributed by atoms with van der Waals surface area (Å²) in [7, 11) is 1.63. The quantitative estimate of drug-likeness (QED) is 0.772. The second-order valence-corrected chi connectivity index (χ2v) is 6.55. The van der Waals surface area contributed by atoms with Crippen LogP contribution in [0.2, 0.25) is 0 Å². The fourth-order valence-electron chi connectivity index (χ4n) is 2.55. The minimum atomic E-state index is 0.000648. The molecule has 6 heteroatoms. The fourth-order valence-corrected chi connectivity index (χ4v) is 3.27. The van der Waals surface area contributed by atoms with Gasteiger partial charge in [-0.3, -0.25) is 9.59 Å². The van der Waals surface area contributed by atoms with Crippen LogP contribution in [0.25, 0.3) is 0 Å². The highest BCUT2D eigenvalue weighted by Gasteiger charge is 2.22. The molecule has 2 heterocycles. The van der Waals surface area contributed by atoms with Crippen LogP contribution in [0.3, 0.4) is 0 Å². The molecule has 1 aliphatic heterocycles. The minimum Gasteiger partial charge on any atom is -0.383 e. The predicted molar refractivity (Wildman–Crippen MR) is 86.7 cm³/mol. The Morgan fingerprint density at radius 2 is 2.27 bits per heavy atom. The Hall–Kier alpha value is -1.40. The van der Waals surface area contributed by atoms with Crippen molar-refractivity contribution in [2.45, 2.75) is 32.2 Å². The van der Waals surface area contributed by atoms with Gasteiger partial charge >= 0.3 is 0 Å². The molecule has 122 valence electrons. The summed E-state index contributed by atoms with van der Waals surface area (Å²) in [6.07, 6.45) is 3.56. The molecule has 0 saturated carbocycles. The lowest BCUT2D eigenvalue weighted by Crippen LogP contribution is -2.43. The number of hydrogen-bond acceptors (Lipinski definition) is 4.